The molecule has 0 N–H and O–H groups in total. The second kappa shape index (κ2) is 5.69. The second-order valence-corrected chi connectivity index (χ2v) is 5.51. The molecule has 18 heavy (non-hydrogen) atoms. The molecule has 0 aliphatic carbocycles. The summed E-state index contributed by atoms with van der Waals surface area (Å²) in [6, 6.07) is 0. The van der Waals surface area contributed by atoms with Gasteiger partial charge in [0.05, 0.1) is 0 Å². The minimum absolute atomic E-state index is 0.111. The van der Waals surface area contributed by atoms with E-state index in [0.29, 0.717) is 38.5 Å². The lowest BCUT2D eigenvalue weighted by Crippen LogP contribution is -2.50. The Labute approximate surface area is 109 Å². The number of carbonyl (C=O) groups is 2. The van der Waals surface area contributed by atoms with E-state index in [2.05, 4.69) is 11.9 Å². The van der Waals surface area contributed by atoms with Crippen LogP contribution in [0.5, 0.6) is 0 Å². The molecule has 0 aromatic heterocycles. The summed E-state index contributed by atoms with van der Waals surface area (Å²) < 4.78 is 0. The summed E-state index contributed by atoms with van der Waals surface area (Å²) in [4.78, 5) is 29.4. The van der Waals surface area contributed by atoms with Crippen molar-refractivity contribution in [2.24, 2.45) is 5.92 Å². The van der Waals surface area contributed by atoms with Crippen LogP contribution < -0.4 is 0 Å². The third kappa shape index (κ3) is 3.22. The van der Waals surface area contributed by atoms with Crippen LogP contribution in [-0.2, 0) is 9.59 Å². The van der Waals surface area contributed by atoms with Crippen molar-refractivity contribution in [2.45, 2.75) is 19.8 Å². The van der Waals surface area contributed by atoms with Crippen LogP contribution >= 0.6 is 0 Å². The summed E-state index contributed by atoms with van der Waals surface area (Å²) in [6.07, 6.45) is 1.81. The number of nitrogens with zero attached hydrogens (tertiary/aromatic N) is 3. The molecule has 2 fully saturated rings. The molecule has 5 nitrogen and oxygen atoms in total. The molecule has 0 spiro atoms. The van der Waals surface area contributed by atoms with Crippen LogP contribution in [0, 0.1) is 5.92 Å². The first-order valence-electron chi connectivity index (χ1n) is 6.78. The van der Waals surface area contributed by atoms with Gasteiger partial charge in [-0.1, -0.05) is 0 Å². The predicted octanol–water partition coefficient (Wildman–Crippen LogP) is 0.0189. The van der Waals surface area contributed by atoms with Crippen molar-refractivity contribution in [3.8, 4) is 0 Å². The summed E-state index contributed by atoms with van der Waals surface area (Å²) in [5.41, 5.74) is 0. The molecular formula is C13H23N3O2. The third-order valence-electron chi connectivity index (χ3n) is 4.03. The standard InChI is InChI=1S/C13H23N3O2/c1-11(17)15-5-7-16(8-6-15)13(18)9-12-3-4-14(2)10-12/h12H,3-10H2,1-2H3. The second-order valence-electron chi connectivity index (χ2n) is 5.51. The van der Waals surface area contributed by atoms with Crippen molar-refractivity contribution >= 4 is 11.8 Å². The first-order chi connectivity index (χ1) is 8.56. The molecule has 2 aliphatic heterocycles. The van der Waals surface area contributed by atoms with Crippen LogP contribution in [0.4, 0.5) is 0 Å². The molecule has 0 bridgehead atoms. The van der Waals surface area contributed by atoms with Crippen LogP contribution in [0.25, 0.3) is 0 Å². The Balaban J connectivity index is 1.75. The Bertz CT molecular complexity index is 324. The van der Waals surface area contributed by atoms with Gasteiger partial charge in [-0.3, -0.25) is 9.59 Å². The van der Waals surface area contributed by atoms with E-state index in [1.807, 2.05) is 9.80 Å². The van der Waals surface area contributed by atoms with E-state index < -0.39 is 0 Å². The van der Waals surface area contributed by atoms with E-state index >= 15 is 0 Å². The van der Waals surface area contributed by atoms with Crippen LogP contribution in [0.15, 0.2) is 0 Å². The highest BCUT2D eigenvalue weighted by Crippen LogP contribution is 2.19. The van der Waals surface area contributed by atoms with Crippen molar-refractivity contribution in [2.75, 3.05) is 46.3 Å². The molecule has 1 atom stereocenters. The van der Waals surface area contributed by atoms with Gasteiger partial charge in [0.1, 0.15) is 0 Å². The predicted molar refractivity (Wildman–Crippen MR) is 69.1 cm³/mol. The van der Waals surface area contributed by atoms with E-state index in [1.54, 1.807) is 6.92 Å². The summed E-state index contributed by atoms with van der Waals surface area (Å²) in [6.45, 7) is 6.50. The average Bonchev–Trinajstić information content (AvgIpc) is 2.75. The largest absolute Gasteiger partial charge is 0.339 e. The van der Waals surface area contributed by atoms with Crippen LogP contribution in [-0.4, -0.2) is 72.8 Å². The Morgan fingerprint density at radius 2 is 1.67 bits per heavy atom. The van der Waals surface area contributed by atoms with E-state index in [1.165, 1.54) is 0 Å². The normalized spacial score (nSPS) is 25.6. The van der Waals surface area contributed by atoms with E-state index in [9.17, 15) is 9.59 Å². The highest BCUT2D eigenvalue weighted by molar-refractivity contribution is 5.77. The minimum Gasteiger partial charge on any atom is -0.339 e. The van der Waals surface area contributed by atoms with Crippen molar-refractivity contribution in [1.29, 1.82) is 0 Å². The van der Waals surface area contributed by atoms with Gasteiger partial charge in [0, 0.05) is 46.1 Å². The maximum atomic E-state index is 12.1. The maximum Gasteiger partial charge on any atom is 0.223 e. The fourth-order valence-electron chi connectivity index (χ4n) is 2.84. The number of piperazine rings is 1. The summed E-state index contributed by atoms with van der Waals surface area (Å²) in [5.74, 6) is 0.895. The van der Waals surface area contributed by atoms with Gasteiger partial charge in [-0.25, -0.2) is 0 Å². The molecule has 0 saturated carbocycles. The quantitative estimate of drug-likeness (QED) is 0.697. The zero-order chi connectivity index (χ0) is 13.1. The van der Waals surface area contributed by atoms with Crippen molar-refractivity contribution in [1.82, 2.24) is 14.7 Å². The molecule has 2 amide bonds. The highest BCUT2D eigenvalue weighted by atomic mass is 16.2. The SMILES string of the molecule is CC(=O)N1CCN(C(=O)CC2CCN(C)C2)CC1. The van der Waals surface area contributed by atoms with Gasteiger partial charge in [0.2, 0.25) is 11.8 Å². The number of hydrogen-bond acceptors (Lipinski definition) is 3. The van der Waals surface area contributed by atoms with Crippen LogP contribution in [0.3, 0.4) is 0 Å². The number of rotatable bonds is 2. The average molecular weight is 253 g/mol. The highest BCUT2D eigenvalue weighted by Gasteiger charge is 2.27. The van der Waals surface area contributed by atoms with Crippen molar-refractivity contribution in [3.05, 3.63) is 0 Å². The molecular weight excluding hydrogens is 230 g/mol. The molecule has 5 heteroatoms. The maximum absolute atomic E-state index is 12.1. The lowest BCUT2D eigenvalue weighted by molar-refractivity contribution is -0.139. The Morgan fingerprint density at radius 1 is 1.06 bits per heavy atom. The first-order valence-corrected chi connectivity index (χ1v) is 6.78. The lowest BCUT2D eigenvalue weighted by atomic mass is 10.0. The van der Waals surface area contributed by atoms with Gasteiger partial charge < -0.3 is 14.7 Å². The number of hydrogen-bond donors (Lipinski definition) is 0. The van der Waals surface area contributed by atoms with Gasteiger partial charge in [-0.2, -0.15) is 0 Å². The Hall–Kier alpha value is -1.10. The summed E-state index contributed by atoms with van der Waals surface area (Å²) in [5, 5.41) is 0. The molecule has 2 aliphatic rings. The smallest absolute Gasteiger partial charge is 0.223 e. The Kier molecular flexibility index (Phi) is 4.22. The third-order valence-corrected chi connectivity index (χ3v) is 4.03. The fraction of sp³-hybridized carbons (Fsp3) is 0.846. The van der Waals surface area contributed by atoms with Crippen LogP contribution in [0.1, 0.15) is 19.8 Å². The molecule has 1 unspecified atom stereocenters. The first kappa shape index (κ1) is 13.3. The summed E-state index contributed by atoms with van der Waals surface area (Å²) >= 11 is 0. The number of likely N-dealkylation sites (tertiary alicyclic amines) is 1. The van der Waals surface area contributed by atoms with Gasteiger partial charge >= 0.3 is 0 Å². The molecule has 2 saturated heterocycles. The van der Waals surface area contributed by atoms with Gasteiger partial charge in [0.25, 0.3) is 0 Å². The van der Waals surface area contributed by atoms with E-state index in [4.69, 9.17) is 0 Å². The number of amides is 2. The molecule has 0 aromatic rings. The molecule has 0 radical (unpaired) electrons. The van der Waals surface area contributed by atoms with Crippen molar-refractivity contribution < 1.29 is 9.59 Å². The molecule has 0 aromatic carbocycles. The zero-order valence-corrected chi connectivity index (χ0v) is 11.4. The van der Waals surface area contributed by atoms with E-state index in [0.717, 1.165) is 19.5 Å². The van der Waals surface area contributed by atoms with Gasteiger partial charge in [0.15, 0.2) is 0 Å². The Morgan fingerprint density at radius 3 is 2.17 bits per heavy atom. The van der Waals surface area contributed by atoms with Gasteiger partial charge in [-0.15, -0.1) is 0 Å². The monoisotopic (exact) mass is 253 g/mol. The molecule has 2 rings (SSSR count). The summed E-state index contributed by atoms with van der Waals surface area (Å²) in [7, 11) is 2.11. The lowest BCUT2D eigenvalue weighted by Gasteiger charge is -2.34. The van der Waals surface area contributed by atoms with Gasteiger partial charge in [-0.05, 0) is 25.9 Å². The topological polar surface area (TPSA) is 43.9 Å². The van der Waals surface area contributed by atoms with E-state index in [-0.39, 0.29) is 11.8 Å². The van der Waals surface area contributed by atoms with Crippen LogP contribution in [0.2, 0.25) is 0 Å². The molecule has 2 heterocycles. The number of carbonyl (C=O) groups excluding carboxylic acids is 2. The van der Waals surface area contributed by atoms with Crippen molar-refractivity contribution in [3.63, 3.8) is 0 Å². The fourth-order valence-corrected chi connectivity index (χ4v) is 2.84. The zero-order valence-electron chi connectivity index (χ0n) is 11.4. The minimum atomic E-state index is 0.111. The molecule has 102 valence electrons.